The van der Waals surface area contributed by atoms with Crippen LogP contribution in [0.15, 0.2) is 0 Å². The van der Waals surface area contributed by atoms with Crippen LogP contribution in [0, 0.1) is 11.8 Å². The third-order valence-corrected chi connectivity index (χ3v) is 4.22. The van der Waals surface area contributed by atoms with Gasteiger partial charge >= 0.3 is 5.97 Å². The molecule has 6 heteroatoms. The number of carbonyl (C=O) groups excluding carboxylic acids is 1. The summed E-state index contributed by atoms with van der Waals surface area (Å²) in [6.45, 7) is 3.23. The van der Waals surface area contributed by atoms with Crippen molar-refractivity contribution in [3.63, 3.8) is 0 Å². The van der Waals surface area contributed by atoms with Gasteiger partial charge in [0.2, 0.25) is 0 Å². The maximum absolute atomic E-state index is 11.4. The molecule has 2 rings (SSSR count). The first-order valence-corrected chi connectivity index (χ1v) is 6.74. The van der Waals surface area contributed by atoms with Crippen LogP contribution in [0.2, 0.25) is 0 Å². The molecule has 19 heavy (non-hydrogen) atoms. The summed E-state index contributed by atoms with van der Waals surface area (Å²) < 4.78 is 4.80. The first kappa shape index (κ1) is 19.0. The van der Waals surface area contributed by atoms with Crippen molar-refractivity contribution in [3.05, 3.63) is 0 Å². The molecule has 0 aromatic rings. The number of halogens is 2. The molecule has 0 aromatic carbocycles. The number of esters is 1. The highest BCUT2D eigenvalue weighted by Crippen LogP contribution is 2.27. The van der Waals surface area contributed by atoms with Gasteiger partial charge in [0.1, 0.15) is 0 Å². The van der Waals surface area contributed by atoms with Gasteiger partial charge in [-0.05, 0) is 51.1 Å². The van der Waals surface area contributed by atoms with Crippen LogP contribution in [0.4, 0.5) is 0 Å². The Labute approximate surface area is 128 Å². The van der Waals surface area contributed by atoms with Crippen molar-refractivity contribution in [2.75, 3.05) is 26.7 Å². The second-order valence-electron chi connectivity index (χ2n) is 5.54. The second kappa shape index (κ2) is 9.01. The van der Waals surface area contributed by atoms with Gasteiger partial charge < -0.3 is 15.4 Å². The van der Waals surface area contributed by atoms with E-state index in [1.54, 1.807) is 0 Å². The van der Waals surface area contributed by atoms with Gasteiger partial charge in [-0.1, -0.05) is 0 Å². The fraction of sp³-hybridized carbons (Fsp3) is 0.923. The van der Waals surface area contributed by atoms with Crippen LogP contribution >= 0.6 is 24.8 Å². The highest BCUT2D eigenvalue weighted by molar-refractivity contribution is 5.85. The molecule has 0 amide bonds. The maximum Gasteiger partial charge on any atom is 0.308 e. The van der Waals surface area contributed by atoms with Gasteiger partial charge in [-0.25, -0.2) is 0 Å². The Morgan fingerprint density at radius 1 is 1.21 bits per heavy atom. The second-order valence-corrected chi connectivity index (χ2v) is 5.54. The molecule has 1 heterocycles. The largest absolute Gasteiger partial charge is 0.469 e. The van der Waals surface area contributed by atoms with Gasteiger partial charge in [0.15, 0.2) is 0 Å². The van der Waals surface area contributed by atoms with Gasteiger partial charge in [0.25, 0.3) is 0 Å². The van der Waals surface area contributed by atoms with Crippen LogP contribution in [0.3, 0.4) is 0 Å². The van der Waals surface area contributed by atoms with Crippen LogP contribution in [-0.4, -0.2) is 43.7 Å². The fourth-order valence-corrected chi connectivity index (χ4v) is 3.16. The van der Waals surface area contributed by atoms with Crippen LogP contribution in [-0.2, 0) is 9.53 Å². The van der Waals surface area contributed by atoms with E-state index >= 15 is 0 Å². The molecule has 2 aliphatic rings. The number of nitrogens with zero attached hydrogens (tertiary/aromatic N) is 1. The molecule has 1 aliphatic carbocycles. The van der Waals surface area contributed by atoms with Crippen LogP contribution in [0.5, 0.6) is 0 Å². The monoisotopic (exact) mass is 312 g/mol. The molecular weight excluding hydrogens is 287 g/mol. The zero-order chi connectivity index (χ0) is 12.3. The number of hydrogen-bond donors (Lipinski definition) is 1. The molecule has 2 unspecified atom stereocenters. The molecule has 1 saturated carbocycles. The average molecular weight is 313 g/mol. The Morgan fingerprint density at radius 3 is 2.32 bits per heavy atom. The zero-order valence-corrected chi connectivity index (χ0v) is 13.2. The number of rotatable bonds is 3. The van der Waals surface area contributed by atoms with Crippen LogP contribution in [0.25, 0.3) is 0 Å². The molecule has 0 bridgehead atoms. The summed E-state index contributed by atoms with van der Waals surface area (Å²) in [5, 5.41) is 0. The predicted octanol–water partition coefficient (Wildman–Crippen LogP) is 1.84. The molecule has 0 aromatic heterocycles. The van der Waals surface area contributed by atoms with Crippen molar-refractivity contribution in [2.45, 2.75) is 38.1 Å². The van der Waals surface area contributed by atoms with Gasteiger partial charge in [0, 0.05) is 12.6 Å². The van der Waals surface area contributed by atoms with E-state index in [4.69, 9.17) is 10.5 Å². The van der Waals surface area contributed by atoms with Crippen molar-refractivity contribution in [1.82, 2.24) is 4.90 Å². The van der Waals surface area contributed by atoms with E-state index in [0.29, 0.717) is 6.04 Å². The highest BCUT2D eigenvalue weighted by atomic mass is 35.5. The van der Waals surface area contributed by atoms with Crippen LogP contribution < -0.4 is 5.73 Å². The molecule has 0 spiro atoms. The summed E-state index contributed by atoms with van der Waals surface area (Å²) in [6, 6.07) is 0.424. The van der Waals surface area contributed by atoms with E-state index in [2.05, 4.69) is 4.90 Å². The van der Waals surface area contributed by atoms with Gasteiger partial charge in [-0.15, -0.1) is 24.8 Å². The van der Waals surface area contributed by atoms with E-state index in [0.717, 1.165) is 31.8 Å². The van der Waals surface area contributed by atoms with Crippen molar-refractivity contribution in [2.24, 2.45) is 17.6 Å². The quantitative estimate of drug-likeness (QED) is 0.808. The number of hydrogen-bond acceptors (Lipinski definition) is 4. The van der Waals surface area contributed by atoms with Crippen molar-refractivity contribution in [1.29, 1.82) is 0 Å². The van der Waals surface area contributed by atoms with Crippen LogP contribution in [0.1, 0.15) is 32.1 Å². The van der Waals surface area contributed by atoms with Crippen molar-refractivity contribution < 1.29 is 9.53 Å². The maximum atomic E-state index is 11.4. The first-order chi connectivity index (χ1) is 8.19. The summed E-state index contributed by atoms with van der Waals surface area (Å²) in [5.74, 6) is 0.870. The Hall–Kier alpha value is -0.0300. The average Bonchev–Trinajstić information content (AvgIpc) is 2.75. The van der Waals surface area contributed by atoms with E-state index < -0.39 is 0 Å². The molecular formula is C13H26Cl2N2O2. The third kappa shape index (κ3) is 5.46. The minimum absolute atomic E-state index is 0. The SMILES string of the molecule is COC(=O)C1CCN(CC2CCC(N)C2)CC1.Cl.Cl. The predicted molar refractivity (Wildman–Crippen MR) is 81.0 cm³/mol. The number of ether oxygens (including phenoxy) is 1. The van der Waals surface area contributed by atoms with Crippen molar-refractivity contribution >= 4 is 30.8 Å². The molecule has 2 fully saturated rings. The van der Waals surface area contributed by atoms with Crippen molar-refractivity contribution in [3.8, 4) is 0 Å². The van der Waals surface area contributed by atoms with E-state index in [1.165, 1.54) is 32.9 Å². The summed E-state index contributed by atoms with van der Waals surface area (Å²) in [7, 11) is 1.48. The minimum Gasteiger partial charge on any atom is -0.469 e. The molecule has 2 N–H and O–H groups in total. The number of nitrogens with two attached hydrogens (primary N) is 1. The highest BCUT2D eigenvalue weighted by Gasteiger charge is 2.28. The van der Waals surface area contributed by atoms with Gasteiger partial charge in [0.05, 0.1) is 13.0 Å². The van der Waals surface area contributed by atoms with E-state index in [9.17, 15) is 4.79 Å². The Kier molecular flexibility index (Phi) is 8.99. The van der Waals surface area contributed by atoms with Gasteiger partial charge in [-0.2, -0.15) is 0 Å². The smallest absolute Gasteiger partial charge is 0.308 e. The molecule has 0 radical (unpaired) electrons. The summed E-state index contributed by atoms with van der Waals surface area (Å²) in [5.41, 5.74) is 5.93. The van der Waals surface area contributed by atoms with E-state index in [-0.39, 0.29) is 36.7 Å². The summed E-state index contributed by atoms with van der Waals surface area (Å²) in [6.07, 6.45) is 5.54. The lowest BCUT2D eigenvalue weighted by Crippen LogP contribution is -2.39. The standard InChI is InChI=1S/C13H24N2O2.2ClH/c1-17-13(16)11-4-6-15(7-5-11)9-10-2-3-12(14)8-10;;/h10-12H,2-9,14H2,1H3;2*1H. The first-order valence-electron chi connectivity index (χ1n) is 6.74. The zero-order valence-electron chi connectivity index (χ0n) is 11.5. The Balaban J connectivity index is 0.00000162. The lowest BCUT2D eigenvalue weighted by Gasteiger charge is -2.32. The molecule has 114 valence electrons. The fourth-order valence-electron chi connectivity index (χ4n) is 3.16. The molecule has 1 saturated heterocycles. The number of piperidine rings is 1. The molecule has 4 nitrogen and oxygen atoms in total. The lowest BCUT2D eigenvalue weighted by atomic mass is 9.96. The Morgan fingerprint density at radius 2 is 1.84 bits per heavy atom. The van der Waals surface area contributed by atoms with E-state index in [1.807, 2.05) is 0 Å². The summed E-state index contributed by atoms with van der Waals surface area (Å²) in [4.78, 5) is 13.9. The molecule has 2 atom stereocenters. The number of carbonyl (C=O) groups is 1. The number of methoxy groups -OCH3 is 1. The minimum atomic E-state index is -0.0347. The third-order valence-electron chi connectivity index (χ3n) is 4.22. The normalized spacial score (nSPS) is 28.3. The lowest BCUT2D eigenvalue weighted by molar-refractivity contribution is -0.147. The molecule has 1 aliphatic heterocycles. The number of likely N-dealkylation sites (tertiary alicyclic amines) is 1. The topological polar surface area (TPSA) is 55.6 Å². The Bertz CT molecular complexity index is 271. The van der Waals surface area contributed by atoms with Gasteiger partial charge in [-0.3, -0.25) is 4.79 Å². The summed E-state index contributed by atoms with van der Waals surface area (Å²) >= 11 is 0.